The molecule has 32 heavy (non-hydrogen) atoms. The molecule has 0 amide bonds. The highest BCUT2D eigenvalue weighted by Gasteiger charge is 2.08. The van der Waals surface area contributed by atoms with Gasteiger partial charge in [-0.05, 0) is 31.9 Å². The summed E-state index contributed by atoms with van der Waals surface area (Å²) in [4.78, 5) is 32.1. The third-order valence-electron chi connectivity index (χ3n) is 3.43. The van der Waals surface area contributed by atoms with Crippen LogP contribution in [0.3, 0.4) is 0 Å². The standard InChI is InChI=1S/C11H16O4.C8H8.C6H10O3/c1-4-5-6-15-11(14)9(3)7-8(2)10(12)13;1-2-8-6-4-3-5-7-8;1-5(2)6(8)9-4-3-7/h7H,3-6H2,1-2H3,(H,12,13);2-7H,1H2;7H,1,3-4H2,2H3. The molecule has 2 N–H and O–H groups in total. The predicted octanol–water partition coefficient (Wildman–Crippen LogP) is 4.34. The van der Waals surface area contributed by atoms with Gasteiger partial charge in [0.1, 0.15) is 6.61 Å². The Morgan fingerprint density at radius 3 is 1.97 bits per heavy atom. The van der Waals surface area contributed by atoms with Gasteiger partial charge in [0.25, 0.3) is 0 Å². The Hall–Kier alpha value is -3.45. The Morgan fingerprint density at radius 1 is 1.00 bits per heavy atom. The number of benzene rings is 1. The molecule has 0 radical (unpaired) electrons. The fourth-order valence-corrected chi connectivity index (χ4v) is 1.63. The highest BCUT2D eigenvalue weighted by Crippen LogP contribution is 2.03. The molecule has 1 rings (SSSR count). The molecule has 0 saturated heterocycles. The molecule has 0 spiro atoms. The van der Waals surface area contributed by atoms with Crippen molar-refractivity contribution in [3.8, 4) is 0 Å². The van der Waals surface area contributed by atoms with E-state index < -0.39 is 17.9 Å². The molecule has 0 aliphatic heterocycles. The fourth-order valence-electron chi connectivity index (χ4n) is 1.63. The molecule has 0 aromatic heterocycles. The van der Waals surface area contributed by atoms with Crippen molar-refractivity contribution in [1.29, 1.82) is 0 Å². The topological polar surface area (TPSA) is 110 Å². The highest BCUT2D eigenvalue weighted by molar-refractivity contribution is 5.94. The average molecular weight is 447 g/mol. The summed E-state index contributed by atoms with van der Waals surface area (Å²) < 4.78 is 9.31. The molecule has 7 heteroatoms. The maximum absolute atomic E-state index is 11.2. The van der Waals surface area contributed by atoms with Crippen molar-refractivity contribution >= 4 is 24.0 Å². The molecule has 0 atom stereocenters. The lowest BCUT2D eigenvalue weighted by atomic mass is 10.2. The maximum Gasteiger partial charge on any atom is 0.337 e. The number of esters is 2. The summed E-state index contributed by atoms with van der Waals surface area (Å²) in [5, 5.41) is 16.8. The van der Waals surface area contributed by atoms with Crippen molar-refractivity contribution < 1.29 is 34.1 Å². The molecule has 0 unspecified atom stereocenters. The van der Waals surface area contributed by atoms with Crippen LogP contribution in [0.5, 0.6) is 0 Å². The third-order valence-corrected chi connectivity index (χ3v) is 3.43. The normalized spacial score (nSPS) is 9.69. The van der Waals surface area contributed by atoms with Gasteiger partial charge in [0.2, 0.25) is 0 Å². The van der Waals surface area contributed by atoms with Crippen molar-refractivity contribution in [1.82, 2.24) is 0 Å². The summed E-state index contributed by atoms with van der Waals surface area (Å²) in [7, 11) is 0. The van der Waals surface area contributed by atoms with Gasteiger partial charge in [-0.2, -0.15) is 0 Å². The lowest BCUT2D eigenvalue weighted by Crippen LogP contribution is -2.08. The quantitative estimate of drug-likeness (QED) is 0.238. The number of hydrogen-bond donors (Lipinski definition) is 2. The molecule has 7 nitrogen and oxygen atoms in total. The number of carbonyl (C=O) groups excluding carboxylic acids is 2. The van der Waals surface area contributed by atoms with Crippen LogP contribution < -0.4 is 0 Å². The number of carboxylic acids is 1. The SMILES string of the molecule is C=C(C)C(=O)OCCO.C=C(C=C(C)C(=O)O)C(=O)OCCCC.C=Cc1ccccc1. The second-order valence-electron chi connectivity index (χ2n) is 6.40. The van der Waals surface area contributed by atoms with Gasteiger partial charge >= 0.3 is 17.9 Å². The number of unbranched alkanes of at least 4 members (excludes halogenated alkanes) is 1. The van der Waals surface area contributed by atoms with E-state index in [2.05, 4.69) is 24.5 Å². The lowest BCUT2D eigenvalue weighted by molar-refractivity contribution is -0.140. The van der Waals surface area contributed by atoms with Gasteiger partial charge < -0.3 is 19.7 Å². The Kier molecular flexibility index (Phi) is 18.7. The van der Waals surface area contributed by atoms with E-state index in [0.717, 1.165) is 12.8 Å². The van der Waals surface area contributed by atoms with Gasteiger partial charge in [-0.15, -0.1) is 0 Å². The number of aliphatic hydroxyl groups excluding tert-OH is 1. The van der Waals surface area contributed by atoms with E-state index in [1.807, 2.05) is 43.3 Å². The van der Waals surface area contributed by atoms with E-state index in [4.69, 9.17) is 14.9 Å². The van der Waals surface area contributed by atoms with Crippen LogP contribution in [0.1, 0.15) is 39.2 Å². The second-order valence-corrected chi connectivity index (χ2v) is 6.40. The molecule has 0 heterocycles. The largest absolute Gasteiger partial charge is 0.478 e. The molecule has 0 aliphatic rings. The maximum atomic E-state index is 11.2. The van der Waals surface area contributed by atoms with Crippen molar-refractivity contribution in [2.24, 2.45) is 0 Å². The molecule has 1 aromatic carbocycles. The predicted molar refractivity (Wildman–Crippen MR) is 126 cm³/mol. The number of rotatable bonds is 10. The molecular weight excluding hydrogens is 412 g/mol. The Bertz CT molecular complexity index is 777. The lowest BCUT2D eigenvalue weighted by Gasteiger charge is -2.03. The molecule has 0 saturated carbocycles. The van der Waals surface area contributed by atoms with Gasteiger partial charge in [-0.25, -0.2) is 14.4 Å². The molecule has 0 bridgehead atoms. The highest BCUT2D eigenvalue weighted by atomic mass is 16.5. The summed E-state index contributed by atoms with van der Waals surface area (Å²) >= 11 is 0. The smallest absolute Gasteiger partial charge is 0.337 e. The zero-order valence-corrected chi connectivity index (χ0v) is 19.1. The van der Waals surface area contributed by atoms with Gasteiger partial charge in [-0.3, -0.25) is 0 Å². The van der Waals surface area contributed by atoms with E-state index in [0.29, 0.717) is 12.2 Å². The average Bonchev–Trinajstić information content (AvgIpc) is 2.78. The summed E-state index contributed by atoms with van der Waals surface area (Å²) in [5.41, 5.74) is 1.65. The van der Waals surface area contributed by atoms with Gasteiger partial charge in [0, 0.05) is 11.1 Å². The minimum Gasteiger partial charge on any atom is -0.478 e. The zero-order chi connectivity index (χ0) is 24.9. The van der Waals surface area contributed by atoms with Crippen molar-refractivity contribution in [3.63, 3.8) is 0 Å². The molecule has 0 aliphatic carbocycles. The number of ether oxygens (including phenoxy) is 2. The van der Waals surface area contributed by atoms with E-state index in [-0.39, 0.29) is 24.4 Å². The summed E-state index contributed by atoms with van der Waals surface area (Å²) in [6.45, 7) is 15.6. The third kappa shape index (κ3) is 17.4. The van der Waals surface area contributed by atoms with Crippen LogP contribution in [-0.2, 0) is 23.9 Å². The summed E-state index contributed by atoms with van der Waals surface area (Å²) in [6.07, 6.45) is 4.76. The monoisotopic (exact) mass is 446 g/mol. The van der Waals surface area contributed by atoms with E-state index in [1.54, 1.807) is 6.92 Å². The molecule has 0 fully saturated rings. The first kappa shape index (κ1) is 30.7. The van der Waals surface area contributed by atoms with Crippen LogP contribution in [0, 0.1) is 0 Å². The minimum atomic E-state index is -1.07. The number of carbonyl (C=O) groups is 3. The van der Waals surface area contributed by atoms with Crippen molar-refractivity contribution in [2.75, 3.05) is 19.8 Å². The van der Waals surface area contributed by atoms with E-state index in [9.17, 15) is 14.4 Å². The summed E-state index contributed by atoms with van der Waals surface area (Å²) in [5.74, 6) is -2.09. The van der Waals surface area contributed by atoms with Gasteiger partial charge in [0.15, 0.2) is 0 Å². The van der Waals surface area contributed by atoms with Crippen LogP contribution >= 0.6 is 0 Å². The van der Waals surface area contributed by atoms with Crippen molar-refractivity contribution in [2.45, 2.75) is 33.6 Å². The number of aliphatic hydroxyl groups is 1. The summed E-state index contributed by atoms with van der Waals surface area (Å²) in [6, 6.07) is 10.0. The first-order valence-electron chi connectivity index (χ1n) is 9.99. The first-order valence-corrected chi connectivity index (χ1v) is 9.99. The number of hydrogen-bond acceptors (Lipinski definition) is 6. The van der Waals surface area contributed by atoms with Crippen LogP contribution in [-0.4, -0.2) is 47.9 Å². The number of carboxylic acid groups (broad SMARTS) is 1. The van der Waals surface area contributed by atoms with Crippen LogP contribution in [0.15, 0.2) is 72.9 Å². The van der Waals surface area contributed by atoms with Crippen LogP contribution in [0.2, 0.25) is 0 Å². The van der Waals surface area contributed by atoms with E-state index >= 15 is 0 Å². The van der Waals surface area contributed by atoms with E-state index in [1.165, 1.54) is 18.6 Å². The van der Waals surface area contributed by atoms with Crippen LogP contribution in [0.25, 0.3) is 6.08 Å². The molecule has 176 valence electrons. The molecule has 1 aromatic rings. The Balaban J connectivity index is 0. The van der Waals surface area contributed by atoms with Crippen molar-refractivity contribution in [3.05, 3.63) is 78.4 Å². The Labute approximate surface area is 190 Å². The minimum absolute atomic E-state index is 0.0473. The van der Waals surface area contributed by atoms with Crippen LogP contribution in [0.4, 0.5) is 0 Å². The fraction of sp³-hybridized carbons (Fsp3) is 0.320. The molecular formula is C25H34O7. The number of aliphatic carboxylic acids is 1. The second kappa shape index (κ2) is 19.5. The zero-order valence-electron chi connectivity index (χ0n) is 19.1. The Morgan fingerprint density at radius 2 is 1.56 bits per heavy atom. The first-order chi connectivity index (χ1) is 15.1. The van der Waals surface area contributed by atoms with Gasteiger partial charge in [-0.1, -0.05) is 69.5 Å². The van der Waals surface area contributed by atoms with Gasteiger partial charge in [0.05, 0.1) is 18.8 Å².